The van der Waals surface area contributed by atoms with Gasteiger partial charge in [-0.05, 0) is 61.1 Å². The van der Waals surface area contributed by atoms with Crippen LogP contribution < -0.4 is 15.8 Å². The molecule has 0 spiro atoms. The van der Waals surface area contributed by atoms with Crippen LogP contribution in [0.4, 0.5) is 24.5 Å². The minimum absolute atomic E-state index is 0.246. The minimum atomic E-state index is -4.74. The summed E-state index contributed by atoms with van der Waals surface area (Å²) in [5, 5.41) is 23.5. The van der Waals surface area contributed by atoms with E-state index in [1.54, 1.807) is 18.3 Å². The minimum Gasteiger partial charge on any atom is -0.406 e. The number of nitrogens with two attached hydrogens (primary N) is 1. The van der Waals surface area contributed by atoms with Gasteiger partial charge in [-0.1, -0.05) is 25.5 Å². The van der Waals surface area contributed by atoms with Gasteiger partial charge in [-0.3, -0.25) is 4.99 Å². The lowest BCUT2D eigenvalue weighted by atomic mass is 9.68. The van der Waals surface area contributed by atoms with E-state index < -0.39 is 19.1 Å². The zero-order chi connectivity index (χ0) is 24.2. The molecule has 5 N–H and O–H groups in total. The molecule has 0 radical (unpaired) electrons. The van der Waals surface area contributed by atoms with Crippen molar-refractivity contribution in [3.05, 3.63) is 41.5 Å². The monoisotopic (exact) mass is 465 g/mol. The summed E-state index contributed by atoms with van der Waals surface area (Å²) in [6.45, 7) is 2.23. The smallest absolute Gasteiger partial charge is 0.406 e. The van der Waals surface area contributed by atoms with E-state index in [0.29, 0.717) is 35.0 Å². The molecule has 1 heterocycles. The summed E-state index contributed by atoms with van der Waals surface area (Å²) in [4.78, 5) is 4.52. The molecule has 0 saturated heterocycles. The van der Waals surface area contributed by atoms with Crippen LogP contribution in [-0.2, 0) is 0 Å². The summed E-state index contributed by atoms with van der Waals surface area (Å²) in [7, 11) is 1.50. The number of alkyl halides is 3. The van der Waals surface area contributed by atoms with Crippen molar-refractivity contribution in [3.8, 4) is 16.9 Å². The highest BCUT2D eigenvalue weighted by atomic mass is 19.4. The number of rotatable bonds is 6. The molecule has 1 fully saturated rings. The molecular formula is C24H30F3N3O3. The van der Waals surface area contributed by atoms with E-state index in [2.05, 4.69) is 27.7 Å². The topological polar surface area (TPSA) is 100 Å². The van der Waals surface area contributed by atoms with E-state index >= 15 is 0 Å². The first-order chi connectivity index (χ1) is 15.8. The third kappa shape index (κ3) is 5.48. The van der Waals surface area contributed by atoms with Crippen LogP contribution >= 0.6 is 0 Å². The zero-order valence-electron chi connectivity index (χ0n) is 18.7. The van der Waals surface area contributed by atoms with E-state index in [-0.39, 0.29) is 11.7 Å². The average molecular weight is 466 g/mol. The molecule has 1 unspecified atom stereocenters. The summed E-state index contributed by atoms with van der Waals surface area (Å²) in [5.41, 5.74) is 8.86. The molecule has 9 heteroatoms. The number of aliphatic hydroxyl groups excluding tert-OH is 2. The Morgan fingerprint density at radius 3 is 2.45 bits per heavy atom. The predicted molar refractivity (Wildman–Crippen MR) is 123 cm³/mol. The van der Waals surface area contributed by atoms with Gasteiger partial charge in [0.15, 0.2) is 0 Å². The van der Waals surface area contributed by atoms with Crippen molar-refractivity contribution in [1.82, 2.24) is 0 Å². The Kier molecular flexibility index (Phi) is 7.99. The van der Waals surface area contributed by atoms with Crippen LogP contribution in [0.3, 0.4) is 0 Å². The number of aliphatic imine (C=N–C) groups is 1. The van der Waals surface area contributed by atoms with Crippen molar-refractivity contribution in [2.45, 2.75) is 44.6 Å². The van der Waals surface area contributed by atoms with Crippen molar-refractivity contribution < 1.29 is 28.1 Å². The third-order valence-electron chi connectivity index (χ3n) is 6.12. The predicted octanol–water partition coefficient (Wildman–Crippen LogP) is 4.88. The Labute approximate surface area is 191 Å². The maximum absolute atomic E-state index is 12.5. The van der Waals surface area contributed by atoms with E-state index in [1.165, 1.54) is 19.2 Å². The van der Waals surface area contributed by atoms with E-state index in [4.69, 9.17) is 0 Å². The maximum Gasteiger partial charge on any atom is 0.573 e. The molecule has 0 bridgehead atoms. The molecule has 33 heavy (non-hydrogen) atoms. The Morgan fingerprint density at radius 1 is 1.21 bits per heavy atom. The number of nitrogens with one attached hydrogen (secondary N) is 1. The van der Waals surface area contributed by atoms with Crippen LogP contribution in [0.15, 0.2) is 35.3 Å². The highest BCUT2D eigenvalue weighted by Gasteiger charge is 2.35. The van der Waals surface area contributed by atoms with E-state index in [0.717, 1.165) is 30.4 Å². The summed E-state index contributed by atoms with van der Waals surface area (Å²) >= 11 is 0. The number of anilines is 1. The fourth-order valence-electron chi connectivity index (χ4n) is 4.47. The summed E-state index contributed by atoms with van der Waals surface area (Å²) in [6, 6.07) is 7.72. The number of nitrogens with zero attached hydrogens (tertiary/aromatic N) is 1. The van der Waals surface area contributed by atoms with Gasteiger partial charge in [0.2, 0.25) is 0 Å². The van der Waals surface area contributed by atoms with Gasteiger partial charge >= 0.3 is 6.36 Å². The normalized spacial score (nSPS) is 20.0. The van der Waals surface area contributed by atoms with Gasteiger partial charge in [0.1, 0.15) is 11.9 Å². The first kappa shape index (κ1) is 25.0. The average Bonchev–Trinajstić information content (AvgIpc) is 2.78. The van der Waals surface area contributed by atoms with Gasteiger partial charge in [-0.25, -0.2) is 0 Å². The van der Waals surface area contributed by atoms with Crippen molar-refractivity contribution in [1.29, 1.82) is 0 Å². The molecule has 2 aromatic rings. The second-order valence-corrected chi connectivity index (χ2v) is 8.06. The van der Waals surface area contributed by atoms with Crippen molar-refractivity contribution in [2.24, 2.45) is 16.6 Å². The number of benzene rings is 2. The molecule has 1 saturated carbocycles. The van der Waals surface area contributed by atoms with Gasteiger partial charge < -0.3 is 26.0 Å². The van der Waals surface area contributed by atoms with Crippen LogP contribution in [0.2, 0.25) is 0 Å². The van der Waals surface area contributed by atoms with E-state index in [9.17, 15) is 23.4 Å². The van der Waals surface area contributed by atoms with Gasteiger partial charge in [0.05, 0.1) is 24.5 Å². The van der Waals surface area contributed by atoms with Crippen molar-refractivity contribution in [2.75, 3.05) is 25.5 Å². The molecule has 2 aliphatic rings. The van der Waals surface area contributed by atoms with Crippen LogP contribution in [0.25, 0.3) is 11.1 Å². The number of fused-ring (bicyclic) bond motifs is 1. The van der Waals surface area contributed by atoms with Crippen molar-refractivity contribution >= 4 is 17.6 Å². The van der Waals surface area contributed by atoms with Crippen molar-refractivity contribution in [3.63, 3.8) is 0 Å². The molecule has 1 aliphatic carbocycles. The molecule has 0 aromatic heterocycles. The van der Waals surface area contributed by atoms with E-state index in [1.807, 2.05) is 6.07 Å². The maximum atomic E-state index is 12.5. The quantitative estimate of drug-likeness (QED) is 0.487. The van der Waals surface area contributed by atoms with Crippen LogP contribution in [0.1, 0.15) is 49.3 Å². The lowest BCUT2D eigenvalue weighted by Gasteiger charge is -2.38. The van der Waals surface area contributed by atoms with Crippen LogP contribution in [0, 0.1) is 5.92 Å². The Balaban J connectivity index is 0.00000149. The number of hydrogen-bond donors (Lipinski definition) is 4. The summed E-state index contributed by atoms with van der Waals surface area (Å²) in [6.07, 6.45) is -1.01. The highest BCUT2D eigenvalue weighted by Crippen LogP contribution is 2.51. The summed E-state index contributed by atoms with van der Waals surface area (Å²) < 4.78 is 41.5. The lowest BCUT2D eigenvalue weighted by Crippen LogP contribution is -2.24. The molecule has 4 rings (SSSR count). The van der Waals surface area contributed by atoms with Gasteiger partial charge in [0.25, 0.3) is 0 Å². The second-order valence-electron chi connectivity index (χ2n) is 8.06. The standard InChI is InChI=1S/C23H25F3N2O3.CH5N/c1-2-13-9-15(10-13)17-11-18(14-3-5-16(6-4-14)31-23(24,25)26)21-22(28-8-7-27-21)20(17)19(30)12-29;1-2/h3-6,8,11,13,15,19,27,29-30H,2,7,9-10,12H2,1H3;2H2,1H3. The fraction of sp³-hybridized carbons (Fsp3) is 0.458. The number of ether oxygens (including phenoxy) is 1. The molecule has 2 aromatic carbocycles. The van der Waals surface area contributed by atoms with Gasteiger partial charge in [-0.2, -0.15) is 0 Å². The van der Waals surface area contributed by atoms with Gasteiger partial charge in [-0.15, -0.1) is 13.2 Å². The fourth-order valence-corrected chi connectivity index (χ4v) is 4.47. The largest absolute Gasteiger partial charge is 0.573 e. The van der Waals surface area contributed by atoms with Gasteiger partial charge in [0, 0.05) is 17.3 Å². The first-order valence-electron chi connectivity index (χ1n) is 11.0. The third-order valence-corrected chi connectivity index (χ3v) is 6.12. The molecule has 1 atom stereocenters. The summed E-state index contributed by atoms with van der Waals surface area (Å²) in [5.74, 6) is 0.590. The molecule has 0 amide bonds. The zero-order valence-corrected chi connectivity index (χ0v) is 18.7. The van der Waals surface area contributed by atoms with Crippen LogP contribution in [0.5, 0.6) is 5.75 Å². The molecule has 1 aliphatic heterocycles. The number of halogens is 3. The SMILES string of the molecule is CCC1CC(c2cc(-c3ccc(OC(F)(F)F)cc3)c3c(c2C(O)CO)N=CCN3)C1.CN. The number of hydrogen-bond acceptors (Lipinski definition) is 6. The van der Waals surface area contributed by atoms with Crippen LogP contribution in [-0.4, -0.2) is 43.0 Å². The Bertz CT molecular complexity index is 972. The molecular weight excluding hydrogens is 435 g/mol. The Morgan fingerprint density at radius 2 is 1.88 bits per heavy atom. The second kappa shape index (κ2) is 10.5. The first-order valence-corrected chi connectivity index (χ1v) is 11.0. The number of aliphatic hydroxyl groups is 2. The Hall–Kier alpha value is -2.62. The molecule has 6 nitrogen and oxygen atoms in total. The lowest BCUT2D eigenvalue weighted by molar-refractivity contribution is -0.274. The highest BCUT2D eigenvalue weighted by molar-refractivity contribution is 5.94. The molecule has 180 valence electrons.